The molecule has 0 aromatic heterocycles. The molecule has 1 saturated carbocycles. The fourth-order valence-corrected chi connectivity index (χ4v) is 3.58. The zero-order valence-electron chi connectivity index (χ0n) is 16.2. The van der Waals surface area contributed by atoms with E-state index in [4.69, 9.17) is 0 Å². The molecular weight excluding hydrogens is 302 g/mol. The van der Waals surface area contributed by atoms with Crippen molar-refractivity contribution in [2.75, 3.05) is 6.54 Å². The number of rotatable bonds is 3. The van der Waals surface area contributed by atoms with Crippen LogP contribution in [0.3, 0.4) is 0 Å². The van der Waals surface area contributed by atoms with Crippen LogP contribution >= 0.6 is 0 Å². The van der Waals surface area contributed by atoms with Gasteiger partial charge in [-0.05, 0) is 48.3 Å². The Morgan fingerprint density at radius 1 is 1.04 bits per heavy atom. The summed E-state index contributed by atoms with van der Waals surface area (Å²) in [5.74, 6) is 0. The zero-order chi connectivity index (χ0) is 18.0. The first-order chi connectivity index (χ1) is 12.0. The summed E-state index contributed by atoms with van der Waals surface area (Å²) >= 11 is 0. The molecule has 4 rings (SSSR count). The van der Waals surface area contributed by atoms with Crippen LogP contribution in [0.5, 0.6) is 0 Å². The highest BCUT2D eigenvalue weighted by molar-refractivity contribution is 5.67. The molecule has 0 spiro atoms. The Morgan fingerprint density at radius 3 is 2.36 bits per heavy atom. The van der Waals surface area contributed by atoms with Gasteiger partial charge in [-0.2, -0.15) is 0 Å². The van der Waals surface area contributed by atoms with Crippen LogP contribution in [0.2, 0.25) is 0 Å². The maximum absolute atomic E-state index is 4.38. The molecule has 0 atom stereocenters. The lowest BCUT2D eigenvalue weighted by Gasteiger charge is -2.33. The molecule has 1 aliphatic carbocycles. The van der Waals surface area contributed by atoms with Crippen LogP contribution in [0.25, 0.3) is 5.70 Å². The Labute approximate surface area is 153 Å². The Hall–Kier alpha value is -2.02. The summed E-state index contributed by atoms with van der Waals surface area (Å²) in [6, 6.07) is 15.9. The minimum absolute atomic E-state index is 0.454. The van der Waals surface area contributed by atoms with Gasteiger partial charge in [0.05, 0.1) is 0 Å². The number of aryl methyl sites for hydroxylation is 1. The minimum Gasteiger partial charge on any atom is -0.367 e. The quantitative estimate of drug-likeness (QED) is 0.656. The van der Waals surface area contributed by atoms with Crippen LogP contribution in [0.15, 0.2) is 49.0 Å². The van der Waals surface area contributed by atoms with Crippen LogP contribution in [0, 0.1) is 6.92 Å². The molecule has 0 unspecified atom stereocenters. The van der Waals surface area contributed by atoms with Crippen LogP contribution in [0.1, 0.15) is 61.4 Å². The van der Waals surface area contributed by atoms with Gasteiger partial charge in [-0.3, -0.25) is 0 Å². The maximum atomic E-state index is 4.38. The van der Waals surface area contributed by atoms with E-state index in [2.05, 4.69) is 67.8 Å². The molecule has 1 nitrogen and oxygen atoms in total. The first-order valence-corrected chi connectivity index (χ1v) is 9.68. The van der Waals surface area contributed by atoms with Crippen LogP contribution < -0.4 is 0 Å². The normalized spacial score (nSPS) is 17.4. The smallest absolute Gasteiger partial charge is 0.0429 e. The molecule has 0 N–H and O–H groups in total. The molecule has 1 heterocycles. The standard InChI is InChI=1S/C22H25N.C2H6/c1-16-4-6-18(7-5-16)15-23-13-10-19-14-20(22(3)11-12-22)8-9-21(19)17(23)2;1-2/h4-9,14H,2,10-13,15H2,1,3H3;1-2H3. The average Bonchev–Trinajstić information content (AvgIpc) is 3.39. The third kappa shape index (κ3) is 3.66. The second kappa shape index (κ2) is 7.07. The van der Waals surface area contributed by atoms with Gasteiger partial charge in [-0.25, -0.2) is 0 Å². The van der Waals surface area contributed by atoms with E-state index in [0.29, 0.717) is 5.41 Å². The molecular formula is C24H31N. The predicted molar refractivity (Wildman–Crippen MR) is 109 cm³/mol. The third-order valence-electron chi connectivity index (χ3n) is 5.64. The predicted octanol–water partition coefficient (Wildman–Crippen LogP) is 6.10. The number of fused-ring (bicyclic) bond motifs is 1. The Balaban J connectivity index is 0.000000880. The number of hydrogen-bond acceptors (Lipinski definition) is 1. The van der Waals surface area contributed by atoms with E-state index in [9.17, 15) is 0 Å². The van der Waals surface area contributed by atoms with E-state index in [1.165, 1.54) is 46.4 Å². The Bertz CT molecular complexity index is 750. The van der Waals surface area contributed by atoms with Crippen molar-refractivity contribution in [3.8, 4) is 0 Å². The highest BCUT2D eigenvalue weighted by Gasteiger charge is 2.39. The zero-order valence-corrected chi connectivity index (χ0v) is 16.2. The average molecular weight is 334 g/mol. The summed E-state index contributed by atoms with van der Waals surface area (Å²) in [6.07, 6.45) is 3.81. The van der Waals surface area contributed by atoms with Crippen LogP contribution in [-0.2, 0) is 18.4 Å². The second-order valence-electron chi connectivity index (χ2n) is 7.54. The topological polar surface area (TPSA) is 3.24 Å². The lowest BCUT2D eigenvalue weighted by Crippen LogP contribution is -2.28. The van der Waals surface area contributed by atoms with Gasteiger partial charge < -0.3 is 4.90 Å². The van der Waals surface area contributed by atoms with Crippen molar-refractivity contribution >= 4 is 5.70 Å². The van der Waals surface area contributed by atoms with Crippen molar-refractivity contribution in [1.29, 1.82) is 0 Å². The third-order valence-corrected chi connectivity index (χ3v) is 5.64. The van der Waals surface area contributed by atoms with E-state index in [1.54, 1.807) is 0 Å². The first-order valence-electron chi connectivity index (χ1n) is 9.68. The van der Waals surface area contributed by atoms with Gasteiger partial charge >= 0.3 is 0 Å². The highest BCUT2D eigenvalue weighted by Crippen LogP contribution is 2.48. The maximum Gasteiger partial charge on any atom is 0.0429 e. The van der Waals surface area contributed by atoms with Gasteiger partial charge in [-0.15, -0.1) is 0 Å². The van der Waals surface area contributed by atoms with E-state index in [-0.39, 0.29) is 0 Å². The molecule has 0 bridgehead atoms. The molecule has 1 heteroatoms. The highest BCUT2D eigenvalue weighted by atomic mass is 15.1. The largest absolute Gasteiger partial charge is 0.367 e. The van der Waals surface area contributed by atoms with Gasteiger partial charge in [-0.1, -0.05) is 75.4 Å². The molecule has 0 saturated heterocycles. The van der Waals surface area contributed by atoms with Crippen molar-refractivity contribution < 1.29 is 0 Å². The first kappa shape index (κ1) is 17.8. The minimum atomic E-state index is 0.454. The SMILES string of the molecule is C=C1c2ccc(C3(C)CC3)cc2CCN1Cc1ccc(C)cc1.CC. The van der Waals surface area contributed by atoms with E-state index >= 15 is 0 Å². The van der Waals surface area contributed by atoms with Gasteiger partial charge in [0.2, 0.25) is 0 Å². The van der Waals surface area contributed by atoms with Gasteiger partial charge in [0.15, 0.2) is 0 Å². The van der Waals surface area contributed by atoms with E-state index < -0.39 is 0 Å². The van der Waals surface area contributed by atoms with Crippen LogP contribution in [0.4, 0.5) is 0 Å². The molecule has 0 radical (unpaired) electrons. The van der Waals surface area contributed by atoms with Gasteiger partial charge in [0.1, 0.15) is 0 Å². The molecule has 2 aromatic rings. The fourth-order valence-electron chi connectivity index (χ4n) is 3.58. The van der Waals surface area contributed by atoms with Crippen molar-refractivity contribution in [2.45, 2.75) is 58.9 Å². The molecule has 0 amide bonds. The monoisotopic (exact) mass is 333 g/mol. The number of hydrogen-bond donors (Lipinski definition) is 0. The summed E-state index contributed by atoms with van der Waals surface area (Å²) in [5, 5.41) is 0. The Kier molecular flexibility index (Phi) is 5.03. The van der Waals surface area contributed by atoms with Crippen molar-refractivity contribution in [1.82, 2.24) is 4.90 Å². The molecule has 1 fully saturated rings. The molecule has 25 heavy (non-hydrogen) atoms. The van der Waals surface area contributed by atoms with Crippen molar-refractivity contribution in [2.24, 2.45) is 0 Å². The lowest BCUT2D eigenvalue weighted by molar-refractivity contribution is 0.384. The van der Waals surface area contributed by atoms with Crippen molar-refractivity contribution in [3.63, 3.8) is 0 Å². The summed E-state index contributed by atoms with van der Waals surface area (Å²) in [4.78, 5) is 2.42. The lowest BCUT2D eigenvalue weighted by atomic mass is 9.89. The molecule has 2 aliphatic rings. The van der Waals surface area contributed by atoms with E-state index in [1.807, 2.05) is 13.8 Å². The van der Waals surface area contributed by atoms with Gasteiger partial charge in [0.25, 0.3) is 0 Å². The second-order valence-corrected chi connectivity index (χ2v) is 7.54. The molecule has 2 aromatic carbocycles. The number of benzene rings is 2. The Morgan fingerprint density at radius 2 is 1.72 bits per heavy atom. The van der Waals surface area contributed by atoms with Crippen LogP contribution in [-0.4, -0.2) is 11.4 Å². The molecule has 132 valence electrons. The van der Waals surface area contributed by atoms with Gasteiger partial charge in [0, 0.05) is 24.4 Å². The summed E-state index contributed by atoms with van der Waals surface area (Å²) < 4.78 is 0. The number of nitrogens with zero attached hydrogens (tertiary/aromatic N) is 1. The summed E-state index contributed by atoms with van der Waals surface area (Å²) in [5.41, 5.74) is 8.67. The molecule has 1 aliphatic heterocycles. The summed E-state index contributed by atoms with van der Waals surface area (Å²) in [7, 11) is 0. The van der Waals surface area contributed by atoms with Crippen molar-refractivity contribution in [3.05, 3.63) is 76.9 Å². The van der Waals surface area contributed by atoms with E-state index in [0.717, 1.165) is 19.5 Å². The summed E-state index contributed by atoms with van der Waals surface area (Å²) in [6.45, 7) is 14.9. The fraction of sp³-hybridized carbons (Fsp3) is 0.417.